The minimum atomic E-state index is -0.240. The van der Waals surface area contributed by atoms with Crippen molar-refractivity contribution in [2.75, 3.05) is 0 Å². The third-order valence-corrected chi connectivity index (χ3v) is 9.04. The predicted molar refractivity (Wildman–Crippen MR) is 189 cm³/mol. The van der Waals surface area contributed by atoms with Crippen LogP contribution < -0.4 is 0 Å². The zero-order chi connectivity index (χ0) is 32.0. The first kappa shape index (κ1) is 28.2. The molecule has 0 fully saturated rings. The maximum atomic E-state index is 7.81. The molecule has 7 aromatic rings. The number of fused-ring (bicyclic) bond motifs is 3. The molecule has 0 atom stereocenters. The number of rotatable bonds is 5. The van der Waals surface area contributed by atoms with Crippen molar-refractivity contribution < 1.29 is 0 Å². The Morgan fingerprint density at radius 1 is 0.489 bits per heavy atom. The Morgan fingerprint density at radius 2 is 1.06 bits per heavy atom. The topological polar surface area (TPSA) is 55.9 Å². The SMILES string of the molecule is [C-]#[N+]c1cccc2c1-c1ccc(-c3cc(-c4ccncc4)cc(-c4nc(-c5ccccc5)nc(-c5ccccc5)n4)c3)cc1C2(C)C. The van der Waals surface area contributed by atoms with Gasteiger partial charge in [-0.25, -0.2) is 19.8 Å². The van der Waals surface area contributed by atoms with Gasteiger partial charge in [0.15, 0.2) is 23.2 Å². The van der Waals surface area contributed by atoms with Crippen LogP contribution >= 0.6 is 0 Å². The summed E-state index contributed by atoms with van der Waals surface area (Å²) in [7, 11) is 0. The second-order valence-corrected chi connectivity index (χ2v) is 12.3. The Morgan fingerprint density at radius 3 is 1.68 bits per heavy atom. The first-order valence-electron chi connectivity index (χ1n) is 15.6. The lowest BCUT2D eigenvalue weighted by Gasteiger charge is -2.22. The third-order valence-electron chi connectivity index (χ3n) is 9.04. The van der Waals surface area contributed by atoms with Crippen molar-refractivity contribution in [3.05, 3.63) is 162 Å². The van der Waals surface area contributed by atoms with Crippen molar-refractivity contribution in [3.8, 4) is 67.5 Å². The Hall–Kier alpha value is -6.25. The summed E-state index contributed by atoms with van der Waals surface area (Å²) in [5.74, 6) is 1.85. The van der Waals surface area contributed by atoms with E-state index in [1.54, 1.807) is 0 Å². The molecule has 0 bridgehead atoms. The number of hydrogen-bond donors (Lipinski definition) is 0. The van der Waals surface area contributed by atoms with Gasteiger partial charge in [-0.3, -0.25) is 4.98 Å². The second kappa shape index (κ2) is 11.3. The highest BCUT2D eigenvalue weighted by atomic mass is 15.0. The predicted octanol–water partition coefficient (Wildman–Crippen LogP) is 10.5. The van der Waals surface area contributed by atoms with Gasteiger partial charge in [0.25, 0.3) is 0 Å². The molecule has 0 spiro atoms. The Balaban J connectivity index is 1.33. The molecule has 47 heavy (non-hydrogen) atoms. The number of hydrogen-bond acceptors (Lipinski definition) is 4. The first-order valence-corrected chi connectivity index (χ1v) is 15.6. The molecular formula is C42H29N5. The minimum absolute atomic E-state index is 0.240. The Bertz CT molecular complexity index is 2260. The van der Waals surface area contributed by atoms with Crippen LogP contribution in [0.25, 0.3) is 72.4 Å². The normalized spacial score (nSPS) is 12.6. The number of aromatic nitrogens is 4. The minimum Gasteiger partial charge on any atom is -0.265 e. The first-order chi connectivity index (χ1) is 23.0. The van der Waals surface area contributed by atoms with Crippen molar-refractivity contribution in [3.63, 3.8) is 0 Å². The molecule has 1 aliphatic carbocycles. The highest BCUT2D eigenvalue weighted by Gasteiger charge is 2.36. The largest absolute Gasteiger partial charge is 0.265 e. The molecule has 1 aliphatic rings. The van der Waals surface area contributed by atoms with Crippen molar-refractivity contribution in [1.29, 1.82) is 0 Å². The number of nitrogens with zero attached hydrogens (tertiary/aromatic N) is 5. The quantitative estimate of drug-likeness (QED) is 0.184. The lowest BCUT2D eigenvalue weighted by molar-refractivity contribution is 0.661. The van der Waals surface area contributed by atoms with Gasteiger partial charge < -0.3 is 0 Å². The average molecular weight is 604 g/mol. The molecule has 0 amide bonds. The van der Waals surface area contributed by atoms with Crippen molar-refractivity contribution in [2.24, 2.45) is 0 Å². The van der Waals surface area contributed by atoms with Crippen LogP contribution in [-0.2, 0) is 5.41 Å². The summed E-state index contributed by atoms with van der Waals surface area (Å²) in [4.78, 5) is 23.1. The molecule has 5 heteroatoms. The standard InChI is InChI=1S/C42H29N5/c1-42(2)35-15-10-16-37(43-3)38(35)34-18-17-30(26-36(34)42)32-23-31(27-19-21-44-22-20-27)24-33(25-32)41-46-39(28-11-6-4-7-12-28)45-40(47-41)29-13-8-5-9-14-29/h4-26H,1-2H3. The van der Waals surface area contributed by atoms with E-state index < -0.39 is 0 Å². The molecule has 0 radical (unpaired) electrons. The summed E-state index contributed by atoms with van der Waals surface area (Å²) in [6.07, 6.45) is 3.63. The third kappa shape index (κ3) is 4.97. The van der Waals surface area contributed by atoms with Gasteiger partial charge >= 0.3 is 0 Å². The molecular weight excluding hydrogens is 574 g/mol. The smallest absolute Gasteiger partial charge is 0.195 e. The van der Waals surface area contributed by atoms with Gasteiger partial charge in [-0.15, -0.1) is 0 Å². The number of pyridine rings is 1. The monoisotopic (exact) mass is 603 g/mol. The summed E-state index contributed by atoms with van der Waals surface area (Å²) in [5, 5.41) is 0. The highest BCUT2D eigenvalue weighted by Crippen LogP contribution is 2.53. The van der Waals surface area contributed by atoms with Crippen LogP contribution in [0.15, 0.2) is 140 Å². The molecule has 0 unspecified atom stereocenters. The van der Waals surface area contributed by atoms with E-state index in [9.17, 15) is 0 Å². The van der Waals surface area contributed by atoms with Gasteiger partial charge in [-0.2, -0.15) is 0 Å². The molecule has 5 aromatic carbocycles. The maximum absolute atomic E-state index is 7.81. The van der Waals surface area contributed by atoms with Crippen LogP contribution in [0, 0.1) is 6.57 Å². The van der Waals surface area contributed by atoms with E-state index >= 15 is 0 Å². The lowest BCUT2D eigenvalue weighted by atomic mass is 9.81. The molecule has 0 aliphatic heterocycles. The fourth-order valence-corrected chi connectivity index (χ4v) is 6.61. The van der Waals surface area contributed by atoms with Crippen LogP contribution in [0.4, 0.5) is 5.69 Å². The Kier molecular flexibility index (Phi) is 6.78. The molecule has 2 aromatic heterocycles. The van der Waals surface area contributed by atoms with E-state index in [0.29, 0.717) is 23.2 Å². The van der Waals surface area contributed by atoms with Crippen LogP contribution in [0.1, 0.15) is 25.0 Å². The second-order valence-electron chi connectivity index (χ2n) is 12.3. The van der Waals surface area contributed by atoms with Crippen LogP contribution in [0.2, 0.25) is 0 Å². The van der Waals surface area contributed by atoms with Crippen molar-refractivity contribution in [2.45, 2.75) is 19.3 Å². The van der Waals surface area contributed by atoms with Crippen LogP contribution in [0.3, 0.4) is 0 Å². The summed E-state index contributed by atoms with van der Waals surface area (Å²) < 4.78 is 0. The number of benzene rings is 5. The zero-order valence-corrected chi connectivity index (χ0v) is 26.0. The van der Waals surface area contributed by atoms with Crippen LogP contribution in [0.5, 0.6) is 0 Å². The van der Waals surface area contributed by atoms with Gasteiger partial charge in [0.05, 0.1) is 6.57 Å². The van der Waals surface area contributed by atoms with Crippen molar-refractivity contribution in [1.82, 2.24) is 19.9 Å². The summed E-state index contributed by atoms with van der Waals surface area (Å²) >= 11 is 0. The summed E-state index contributed by atoms with van der Waals surface area (Å²) in [6.45, 7) is 12.3. The van der Waals surface area contributed by atoms with Gasteiger partial charge in [0, 0.05) is 34.5 Å². The average Bonchev–Trinajstić information content (AvgIpc) is 3.38. The van der Waals surface area contributed by atoms with Crippen molar-refractivity contribution >= 4 is 5.69 Å². The fourth-order valence-electron chi connectivity index (χ4n) is 6.61. The maximum Gasteiger partial charge on any atom is 0.195 e. The molecule has 8 rings (SSSR count). The van der Waals surface area contributed by atoms with E-state index in [4.69, 9.17) is 21.5 Å². The summed E-state index contributed by atoms with van der Waals surface area (Å²) in [5.41, 5.74) is 12.0. The van der Waals surface area contributed by atoms with E-state index in [1.807, 2.05) is 97.3 Å². The molecule has 2 heterocycles. The van der Waals surface area contributed by atoms with E-state index in [1.165, 1.54) is 11.1 Å². The highest BCUT2D eigenvalue weighted by molar-refractivity contribution is 5.92. The fraction of sp³-hybridized carbons (Fsp3) is 0.0714. The van der Waals surface area contributed by atoms with Gasteiger partial charge in [-0.1, -0.05) is 105 Å². The van der Waals surface area contributed by atoms with Crippen LogP contribution in [-0.4, -0.2) is 19.9 Å². The van der Waals surface area contributed by atoms with Gasteiger partial charge in [0.2, 0.25) is 0 Å². The molecule has 0 N–H and O–H groups in total. The lowest BCUT2D eigenvalue weighted by Crippen LogP contribution is -2.14. The molecule has 0 saturated heterocycles. The van der Waals surface area contributed by atoms with Gasteiger partial charge in [0.1, 0.15) is 0 Å². The summed E-state index contributed by atoms with van der Waals surface area (Å²) in [6, 6.07) is 43.3. The molecule has 0 saturated carbocycles. The van der Waals surface area contributed by atoms with E-state index in [-0.39, 0.29) is 5.41 Å². The van der Waals surface area contributed by atoms with E-state index in [0.717, 1.165) is 50.1 Å². The molecule has 222 valence electrons. The van der Waals surface area contributed by atoms with E-state index in [2.05, 4.69) is 66.1 Å². The van der Waals surface area contributed by atoms with Gasteiger partial charge in [-0.05, 0) is 80.9 Å². The molecule has 5 nitrogen and oxygen atoms in total. The zero-order valence-electron chi connectivity index (χ0n) is 26.0. The Labute approximate surface area is 274 Å².